The number of rotatable bonds is 3. The number of hydrogen-bond acceptors (Lipinski definition) is 1. The summed E-state index contributed by atoms with van der Waals surface area (Å²) in [5, 5.41) is 2.22. The minimum atomic E-state index is -4.31. The van der Waals surface area contributed by atoms with E-state index in [4.69, 9.17) is 23.2 Å². The van der Waals surface area contributed by atoms with E-state index in [2.05, 4.69) is 0 Å². The first-order valence-corrected chi connectivity index (χ1v) is 7.52. The normalized spacial score (nSPS) is 13.5. The Bertz CT molecular complexity index is 587. The zero-order valence-electron chi connectivity index (χ0n) is 10.5. The van der Waals surface area contributed by atoms with Crippen molar-refractivity contribution in [1.29, 1.82) is 0 Å². The van der Waals surface area contributed by atoms with Crippen molar-refractivity contribution >= 4 is 34.5 Å². The van der Waals surface area contributed by atoms with Crippen LogP contribution >= 0.6 is 34.5 Å². The Labute approximate surface area is 129 Å². The molecule has 0 aliphatic rings. The van der Waals surface area contributed by atoms with E-state index < -0.39 is 11.7 Å². The molecule has 20 heavy (non-hydrogen) atoms. The number of halogens is 5. The fraction of sp³-hybridized carbons (Fsp3) is 0.286. The smallest absolute Gasteiger partial charge is 0.166 e. The maximum atomic E-state index is 12.5. The average molecular weight is 339 g/mol. The molecule has 6 heteroatoms. The van der Waals surface area contributed by atoms with Gasteiger partial charge in [0.1, 0.15) is 0 Å². The molecule has 0 bridgehead atoms. The molecule has 0 spiro atoms. The molecule has 0 radical (unpaired) electrons. The average Bonchev–Trinajstić information content (AvgIpc) is 2.69. The van der Waals surface area contributed by atoms with E-state index in [0.29, 0.717) is 11.4 Å². The van der Waals surface area contributed by atoms with Gasteiger partial charge < -0.3 is 0 Å². The maximum Gasteiger partial charge on any atom is 0.416 e. The Balaban J connectivity index is 2.12. The molecular weight excluding hydrogens is 328 g/mol. The molecule has 0 saturated heterocycles. The van der Waals surface area contributed by atoms with Crippen LogP contribution in [0.3, 0.4) is 0 Å². The third kappa shape index (κ3) is 3.48. The van der Waals surface area contributed by atoms with Crippen LogP contribution in [0.2, 0.25) is 5.02 Å². The van der Waals surface area contributed by atoms with Crippen molar-refractivity contribution in [3.05, 3.63) is 56.2 Å². The highest BCUT2D eigenvalue weighted by molar-refractivity contribution is 7.11. The van der Waals surface area contributed by atoms with E-state index in [1.54, 1.807) is 0 Å². The van der Waals surface area contributed by atoms with Crippen molar-refractivity contribution in [1.82, 2.24) is 0 Å². The lowest BCUT2D eigenvalue weighted by Crippen LogP contribution is -2.04. The van der Waals surface area contributed by atoms with Crippen molar-refractivity contribution in [2.24, 2.45) is 0 Å². The first kappa shape index (κ1) is 15.7. The number of thiophene rings is 1. The second kappa shape index (κ2) is 5.96. The summed E-state index contributed by atoms with van der Waals surface area (Å²) in [5.74, 6) is 0. The van der Waals surface area contributed by atoms with E-state index in [1.165, 1.54) is 23.5 Å². The van der Waals surface area contributed by atoms with Crippen LogP contribution in [0.1, 0.15) is 26.9 Å². The molecular formula is C14H11Cl2F3S. The Morgan fingerprint density at radius 3 is 2.25 bits per heavy atom. The van der Waals surface area contributed by atoms with Gasteiger partial charge in [0.05, 0.1) is 16.0 Å². The van der Waals surface area contributed by atoms with Gasteiger partial charge in [-0.05, 0) is 42.0 Å². The molecule has 0 saturated carbocycles. The summed E-state index contributed by atoms with van der Waals surface area (Å²) in [5.41, 5.74) is 1.06. The molecule has 1 aromatic carbocycles. The van der Waals surface area contributed by atoms with Crippen LogP contribution < -0.4 is 0 Å². The second-order valence-corrected chi connectivity index (χ2v) is 6.28. The predicted octanol–water partition coefficient (Wildman–Crippen LogP) is 6.25. The molecule has 2 rings (SSSR count). The molecule has 2 aromatic rings. The number of aryl methyl sites for hydroxylation is 1. The summed E-state index contributed by atoms with van der Waals surface area (Å²) in [6.45, 7) is 1.89. The first-order chi connectivity index (χ1) is 9.29. The van der Waals surface area contributed by atoms with E-state index in [1.807, 2.05) is 12.3 Å². The Kier molecular flexibility index (Phi) is 4.67. The van der Waals surface area contributed by atoms with E-state index in [-0.39, 0.29) is 5.38 Å². The summed E-state index contributed by atoms with van der Waals surface area (Å²) in [6.07, 6.45) is -3.87. The molecule has 0 aliphatic heterocycles. The monoisotopic (exact) mass is 338 g/mol. The quantitative estimate of drug-likeness (QED) is 0.580. The molecule has 0 aliphatic carbocycles. The van der Waals surface area contributed by atoms with Crippen LogP contribution in [0.15, 0.2) is 29.6 Å². The topological polar surface area (TPSA) is 0 Å². The van der Waals surface area contributed by atoms with Gasteiger partial charge in [-0.2, -0.15) is 13.2 Å². The van der Waals surface area contributed by atoms with Crippen molar-refractivity contribution < 1.29 is 13.2 Å². The van der Waals surface area contributed by atoms with Crippen LogP contribution in [0.25, 0.3) is 0 Å². The summed E-state index contributed by atoms with van der Waals surface area (Å²) in [7, 11) is 0. The Hall–Kier alpha value is -0.710. The van der Waals surface area contributed by atoms with Gasteiger partial charge in [-0.1, -0.05) is 23.7 Å². The van der Waals surface area contributed by atoms with Crippen molar-refractivity contribution in [3.63, 3.8) is 0 Å². The zero-order chi connectivity index (χ0) is 14.9. The van der Waals surface area contributed by atoms with E-state index in [0.717, 1.165) is 28.1 Å². The van der Waals surface area contributed by atoms with Gasteiger partial charge in [-0.15, -0.1) is 22.9 Å². The summed E-state index contributed by atoms with van der Waals surface area (Å²) in [4.78, 5) is 0.853. The first-order valence-electron chi connectivity index (χ1n) is 5.82. The molecule has 0 amide bonds. The van der Waals surface area contributed by atoms with Gasteiger partial charge >= 0.3 is 6.18 Å². The fourth-order valence-corrected chi connectivity index (χ4v) is 3.59. The number of benzene rings is 1. The zero-order valence-corrected chi connectivity index (χ0v) is 12.8. The van der Waals surface area contributed by atoms with Crippen LogP contribution in [0.5, 0.6) is 0 Å². The summed E-state index contributed by atoms with van der Waals surface area (Å²) >= 11 is 13.9. The van der Waals surface area contributed by atoms with Crippen LogP contribution in [-0.2, 0) is 12.6 Å². The Morgan fingerprint density at radius 2 is 1.80 bits per heavy atom. The van der Waals surface area contributed by atoms with Gasteiger partial charge in [0, 0.05) is 4.88 Å². The molecule has 1 unspecified atom stereocenters. The van der Waals surface area contributed by atoms with Gasteiger partial charge in [0.25, 0.3) is 0 Å². The second-order valence-electron chi connectivity index (χ2n) is 4.46. The van der Waals surface area contributed by atoms with Crippen LogP contribution in [0.4, 0.5) is 13.2 Å². The molecule has 1 atom stereocenters. The fourth-order valence-electron chi connectivity index (χ4n) is 1.79. The van der Waals surface area contributed by atoms with Gasteiger partial charge in [0.15, 0.2) is 0 Å². The molecule has 0 N–H and O–H groups in total. The lowest BCUT2D eigenvalue weighted by Gasteiger charge is -2.10. The minimum Gasteiger partial charge on any atom is -0.166 e. The standard InChI is InChI=1S/C14H11Cl2F3S/c1-8-7-20-13(12(8)16)11(15)6-9-2-4-10(5-3-9)14(17,18)19/h2-5,7,11H,6H2,1H3. The SMILES string of the molecule is Cc1csc(C(Cl)Cc2ccc(C(F)(F)F)cc2)c1Cl. The predicted molar refractivity (Wildman–Crippen MR) is 77.8 cm³/mol. The maximum absolute atomic E-state index is 12.5. The van der Waals surface area contributed by atoms with Gasteiger partial charge in [-0.3, -0.25) is 0 Å². The number of hydrogen-bond donors (Lipinski definition) is 0. The largest absolute Gasteiger partial charge is 0.416 e. The molecule has 1 heterocycles. The van der Waals surface area contributed by atoms with E-state index >= 15 is 0 Å². The highest BCUT2D eigenvalue weighted by Crippen LogP contribution is 2.38. The van der Waals surface area contributed by atoms with Crippen molar-refractivity contribution in [2.75, 3.05) is 0 Å². The number of alkyl halides is 4. The minimum absolute atomic E-state index is 0.335. The van der Waals surface area contributed by atoms with E-state index in [9.17, 15) is 13.2 Å². The lowest BCUT2D eigenvalue weighted by atomic mass is 10.1. The van der Waals surface area contributed by atoms with Crippen molar-refractivity contribution in [2.45, 2.75) is 24.9 Å². The highest BCUT2D eigenvalue weighted by atomic mass is 35.5. The van der Waals surface area contributed by atoms with Crippen LogP contribution in [-0.4, -0.2) is 0 Å². The Morgan fingerprint density at radius 1 is 1.20 bits per heavy atom. The third-order valence-electron chi connectivity index (χ3n) is 2.91. The van der Waals surface area contributed by atoms with Gasteiger partial charge in [0.2, 0.25) is 0 Å². The molecule has 1 aromatic heterocycles. The highest BCUT2D eigenvalue weighted by Gasteiger charge is 2.30. The molecule has 108 valence electrons. The van der Waals surface area contributed by atoms with Gasteiger partial charge in [-0.25, -0.2) is 0 Å². The third-order valence-corrected chi connectivity index (χ3v) is 5.24. The van der Waals surface area contributed by atoms with Crippen LogP contribution in [0, 0.1) is 6.92 Å². The lowest BCUT2D eigenvalue weighted by molar-refractivity contribution is -0.137. The van der Waals surface area contributed by atoms with Crippen molar-refractivity contribution in [3.8, 4) is 0 Å². The molecule has 0 fully saturated rings. The molecule has 0 nitrogen and oxygen atoms in total. The summed E-state index contributed by atoms with van der Waals surface area (Å²) in [6, 6.07) is 5.04. The summed E-state index contributed by atoms with van der Waals surface area (Å²) < 4.78 is 37.4.